The highest BCUT2D eigenvalue weighted by molar-refractivity contribution is 6.30. The van der Waals surface area contributed by atoms with E-state index in [1.165, 1.54) is 5.56 Å². The van der Waals surface area contributed by atoms with Gasteiger partial charge in [0.05, 0.1) is 0 Å². The van der Waals surface area contributed by atoms with Crippen LogP contribution in [0, 0.1) is 0 Å². The molecule has 2 heterocycles. The van der Waals surface area contributed by atoms with Crippen LogP contribution in [0.25, 0.3) is 0 Å². The average molecular weight is 249 g/mol. The van der Waals surface area contributed by atoms with E-state index in [4.69, 9.17) is 17.3 Å². The topological polar surface area (TPSA) is 56.7 Å². The van der Waals surface area contributed by atoms with E-state index in [0.717, 1.165) is 30.2 Å². The molecule has 1 aliphatic heterocycles. The van der Waals surface area contributed by atoms with Crippen LogP contribution in [0.15, 0.2) is 24.3 Å². The Hall–Kier alpha value is -1.55. The number of halogens is 1. The van der Waals surface area contributed by atoms with E-state index in [1.807, 2.05) is 22.9 Å². The molecular weight excluding hydrogens is 236 g/mol. The molecule has 5 heteroatoms. The number of anilines is 1. The fourth-order valence-corrected chi connectivity index (χ4v) is 2.56. The van der Waals surface area contributed by atoms with E-state index < -0.39 is 0 Å². The third-order valence-electron chi connectivity index (χ3n) is 3.19. The number of fused-ring (bicyclic) bond motifs is 1. The van der Waals surface area contributed by atoms with Crippen LogP contribution in [-0.4, -0.2) is 14.8 Å². The highest BCUT2D eigenvalue weighted by Crippen LogP contribution is 2.29. The molecule has 1 aromatic heterocycles. The molecule has 1 aliphatic rings. The molecule has 0 saturated heterocycles. The molecule has 2 N–H and O–H groups in total. The number of nitrogens with zero attached hydrogens (tertiary/aromatic N) is 3. The van der Waals surface area contributed by atoms with E-state index >= 15 is 0 Å². The van der Waals surface area contributed by atoms with Gasteiger partial charge in [0, 0.05) is 23.9 Å². The first-order chi connectivity index (χ1) is 8.22. The van der Waals surface area contributed by atoms with Crippen LogP contribution >= 0.6 is 11.6 Å². The molecule has 17 heavy (non-hydrogen) atoms. The van der Waals surface area contributed by atoms with Crippen LogP contribution in [0.2, 0.25) is 5.02 Å². The summed E-state index contributed by atoms with van der Waals surface area (Å²) < 4.78 is 1.91. The van der Waals surface area contributed by atoms with Gasteiger partial charge in [-0.25, -0.2) is 4.68 Å². The molecule has 0 aliphatic carbocycles. The monoisotopic (exact) mass is 248 g/mol. The van der Waals surface area contributed by atoms with Gasteiger partial charge < -0.3 is 5.73 Å². The standard InChI is InChI=1S/C12H13ClN4/c13-10-3-1-2-8(6-10)9-4-5-11-15-12(14)16-17(11)7-9/h1-3,6,9H,4-5,7H2,(H2,14,16). The van der Waals surface area contributed by atoms with E-state index in [1.54, 1.807) is 0 Å². The van der Waals surface area contributed by atoms with Gasteiger partial charge in [0.1, 0.15) is 5.82 Å². The summed E-state index contributed by atoms with van der Waals surface area (Å²) in [6.07, 6.45) is 1.99. The van der Waals surface area contributed by atoms with Crippen molar-refractivity contribution in [2.24, 2.45) is 0 Å². The van der Waals surface area contributed by atoms with Crippen molar-refractivity contribution in [2.75, 3.05) is 5.73 Å². The van der Waals surface area contributed by atoms with Crippen molar-refractivity contribution < 1.29 is 0 Å². The molecule has 1 atom stereocenters. The number of nitrogen functional groups attached to an aromatic ring is 1. The summed E-state index contributed by atoms with van der Waals surface area (Å²) in [7, 11) is 0. The Morgan fingerprint density at radius 2 is 2.29 bits per heavy atom. The predicted molar refractivity (Wildman–Crippen MR) is 66.9 cm³/mol. The second-order valence-electron chi connectivity index (χ2n) is 4.36. The van der Waals surface area contributed by atoms with E-state index in [9.17, 15) is 0 Å². The Labute approximate surface area is 104 Å². The molecule has 1 aromatic carbocycles. The third-order valence-corrected chi connectivity index (χ3v) is 3.43. The zero-order valence-corrected chi connectivity index (χ0v) is 10.1. The Bertz CT molecular complexity index is 549. The first-order valence-corrected chi connectivity index (χ1v) is 6.05. The normalized spacial score (nSPS) is 19.0. The van der Waals surface area contributed by atoms with Crippen LogP contribution in [0.1, 0.15) is 23.7 Å². The van der Waals surface area contributed by atoms with Crippen LogP contribution in [-0.2, 0) is 13.0 Å². The van der Waals surface area contributed by atoms with Gasteiger partial charge >= 0.3 is 0 Å². The minimum atomic E-state index is 0.367. The maximum atomic E-state index is 6.01. The smallest absolute Gasteiger partial charge is 0.239 e. The molecule has 0 spiro atoms. The van der Waals surface area contributed by atoms with Crippen molar-refractivity contribution in [3.8, 4) is 0 Å². The predicted octanol–water partition coefficient (Wildman–Crippen LogP) is 2.24. The second kappa shape index (κ2) is 4.04. The van der Waals surface area contributed by atoms with Gasteiger partial charge in [-0.15, -0.1) is 5.10 Å². The molecule has 0 radical (unpaired) electrons. The Morgan fingerprint density at radius 3 is 3.12 bits per heavy atom. The molecule has 2 aromatic rings. The van der Waals surface area contributed by atoms with Gasteiger partial charge in [0.2, 0.25) is 5.95 Å². The summed E-state index contributed by atoms with van der Waals surface area (Å²) >= 11 is 6.01. The molecule has 88 valence electrons. The Balaban J connectivity index is 1.88. The number of benzene rings is 1. The van der Waals surface area contributed by atoms with Gasteiger partial charge in [-0.2, -0.15) is 4.98 Å². The van der Waals surface area contributed by atoms with Gasteiger partial charge in [0.25, 0.3) is 0 Å². The number of hydrogen-bond acceptors (Lipinski definition) is 3. The van der Waals surface area contributed by atoms with Crippen molar-refractivity contribution >= 4 is 17.5 Å². The summed E-state index contributed by atoms with van der Waals surface area (Å²) in [4.78, 5) is 4.20. The molecule has 0 saturated carbocycles. The molecule has 0 bridgehead atoms. The fourth-order valence-electron chi connectivity index (χ4n) is 2.36. The number of aromatic nitrogens is 3. The quantitative estimate of drug-likeness (QED) is 0.842. The van der Waals surface area contributed by atoms with E-state index in [2.05, 4.69) is 16.1 Å². The lowest BCUT2D eigenvalue weighted by molar-refractivity contribution is 0.423. The Morgan fingerprint density at radius 1 is 1.41 bits per heavy atom. The summed E-state index contributed by atoms with van der Waals surface area (Å²) in [6, 6.07) is 8.02. The molecule has 1 unspecified atom stereocenters. The van der Waals surface area contributed by atoms with E-state index in [0.29, 0.717) is 11.9 Å². The number of hydrogen-bond donors (Lipinski definition) is 1. The molecule has 3 rings (SSSR count). The number of nitrogens with two attached hydrogens (primary N) is 1. The molecule has 0 amide bonds. The number of rotatable bonds is 1. The zero-order valence-electron chi connectivity index (χ0n) is 9.31. The highest BCUT2D eigenvalue weighted by atomic mass is 35.5. The van der Waals surface area contributed by atoms with Gasteiger partial charge in [-0.05, 0) is 24.1 Å². The summed E-state index contributed by atoms with van der Waals surface area (Å²) in [5, 5.41) is 4.98. The highest BCUT2D eigenvalue weighted by Gasteiger charge is 2.22. The molecular formula is C12H13ClN4. The lowest BCUT2D eigenvalue weighted by Crippen LogP contribution is -2.19. The molecule has 4 nitrogen and oxygen atoms in total. The number of aryl methyl sites for hydroxylation is 1. The van der Waals surface area contributed by atoms with Crippen molar-refractivity contribution in [1.82, 2.24) is 14.8 Å². The van der Waals surface area contributed by atoms with Gasteiger partial charge in [-0.1, -0.05) is 23.7 Å². The molecule has 0 fully saturated rings. The third kappa shape index (κ3) is 2.00. The Kier molecular flexibility index (Phi) is 2.52. The van der Waals surface area contributed by atoms with Crippen molar-refractivity contribution in [3.63, 3.8) is 0 Å². The maximum Gasteiger partial charge on any atom is 0.239 e. The van der Waals surface area contributed by atoms with Gasteiger partial charge in [-0.3, -0.25) is 0 Å². The van der Waals surface area contributed by atoms with E-state index in [-0.39, 0.29) is 0 Å². The maximum absolute atomic E-state index is 6.01. The van der Waals surface area contributed by atoms with Crippen LogP contribution in [0.5, 0.6) is 0 Å². The summed E-state index contributed by atoms with van der Waals surface area (Å²) in [5.74, 6) is 1.80. The van der Waals surface area contributed by atoms with Crippen LogP contribution in [0.3, 0.4) is 0 Å². The lowest BCUT2D eigenvalue weighted by Gasteiger charge is -2.22. The second-order valence-corrected chi connectivity index (χ2v) is 4.80. The van der Waals surface area contributed by atoms with Crippen molar-refractivity contribution in [3.05, 3.63) is 40.7 Å². The summed E-state index contributed by atoms with van der Waals surface area (Å²) in [5.41, 5.74) is 6.86. The zero-order chi connectivity index (χ0) is 11.8. The minimum absolute atomic E-state index is 0.367. The SMILES string of the molecule is Nc1nc2n(n1)CC(c1cccc(Cl)c1)CC2. The summed E-state index contributed by atoms with van der Waals surface area (Å²) in [6.45, 7) is 0.833. The van der Waals surface area contributed by atoms with Crippen molar-refractivity contribution in [1.29, 1.82) is 0 Å². The first kappa shape index (κ1) is 10.6. The van der Waals surface area contributed by atoms with Crippen LogP contribution < -0.4 is 5.73 Å². The van der Waals surface area contributed by atoms with Gasteiger partial charge in [0.15, 0.2) is 0 Å². The van der Waals surface area contributed by atoms with Crippen molar-refractivity contribution in [2.45, 2.75) is 25.3 Å². The first-order valence-electron chi connectivity index (χ1n) is 5.67. The fraction of sp³-hybridized carbons (Fsp3) is 0.333. The largest absolute Gasteiger partial charge is 0.366 e. The average Bonchev–Trinajstić information content (AvgIpc) is 2.68. The minimum Gasteiger partial charge on any atom is -0.366 e. The lowest BCUT2D eigenvalue weighted by atomic mass is 9.92. The van der Waals surface area contributed by atoms with Crippen LogP contribution in [0.4, 0.5) is 5.95 Å².